The lowest BCUT2D eigenvalue weighted by Crippen LogP contribution is -2.54. The molecule has 1 N–H and O–H groups in total. The second kappa shape index (κ2) is 9.95. The average molecular weight is 442 g/mol. The summed E-state index contributed by atoms with van der Waals surface area (Å²) >= 11 is 0. The van der Waals surface area contributed by atoms with Gasteiger partial charge in [-0.15, -0.1) is 0 Å². The van der Waals surface area contributed by atoms with Crippen LogP contribution in [0, 0.1) is 21.8 Å². The Labute approximate surface area is 186 Å². The van der Waals surface area contributed by atoms with Crippen LogP contribution < -0.4 is 10.2 Å². The van der Waals surface area contributed by atoms with E-state index in [0.717, 1.165) is 57.2 Å². The third-order valence-corrected chi connectivity index (χ3v) is 6.08. The van der Waals surface area contributed by atoms with E-state index in [1.807, 2.05) is 35.2 Å². The van der Waals surface area contributed by atoms with E-state index in [-0.39, 0.29) is 24.4 Å². The first-order valence-electron chi connectivity index (χ1n) is 10.9. The van der Waals surface area contributed by atoms with Crippen molar-refractivity contribution in [3.05, 3.63) is 70.0 Å². The smallest absolute Gasteiger partial charge is 0.407 e. The number of nitro groups is 1. The monoisotopic (exact) mass is 442 g/mol. The lowest BCUT2D eigenvalue weighted by Gasteiger charge is -2.44. The largest absolute Gasteiger partial charge is 0.445 e. The molecular weight excluding hydrogens is 415 g/mol. The standard InChI is InChI=1S/C23H27FN4O4/c24-21-12-20(28(30)31)6-7-22(21)27-14-18(15-27)13-26-10-8-19(9-11-26)25-23(29)32-16-17-4-2-1-3-5-17/h1-7,12,18-19H,8-11,13-16H2,(H,25,29). The first kappa shape index (κ1) is 22.0. The molecule has 0 bridgehead atoms. The van der Waals surface area contributed by atoms with Crippen LogP contribution in [-0.4, -0.2) is 54.7 Å². The Morgan fingerprint density at radius 2 is 1.88 bits per heavy atom. The van der Waals surface area contributed by atoms with E-state index in [1.54, 1.807) is 0 Å². The van der Waals surface area contributed by atoms with Crippen molar-refractivity contribution in [2.45, 2.75) is 25.5 Å². The van der Waals surface area contributed by atoms with Crippen LogP contribution in [0.1, 0.15) is 18.4 Å². The lowest BCUT2D eigenvalue weighted by molar-refractivity contribution is -0.385. The van der Waals surface area contributed by atoms with Crippen LogP contribution >= 0.6 is 0 Å². The number of carbonyl (C=O) groups excluding carboxylic acids is 1. The highest BCUT2D eigenvalue weighted by Crippen LogP contribution is 2.30. The minimum atomic E-state index is -0.590. The highest BCUT2D eigenvalue weighted by atomic mass is 19.1. The number of hydrogen-bond donors (Lipinski definition) is 1. The fraction of sp³-hybridized carbons (Fsp3) is 0.435. The molecule has 2 aliphatic rings. The SMILES string of the molecule is O=C(NC1CCN(CC2CN(c3ccc([N+](=O)[O-])cc3F)C2)CC1)OCc1ccccc1. The van der Waals surface area contributed by atoms with Gasteiger partial charge in [0.25, 0.3) is 5.69 Å². The quantitative estimate of drug-likeness (QED) is 0.521. The van der Waals surface area contributed by atoms with Crippen molar-refractivity contribution >= 4 is 17.5 Å². The molecule has 0 unspecified atom stereocenters. The van der Waals surface area contributed by atoms with Gasteiger partial charge in [-0.25, -0.2) is 9.18 Å². The van der Waals surface area contributed by atoms with Gasteiger partial charge in [-0.3, -0.25) is 10.1 Å². The van der Waals surface area contributed by atoms with Gasteiger partial charge in [0, 0.05) is 50.7 Å². The number of nitro benzene ring substituents is 1. The highest BCUT2D eigenvalue weighted by Gasteiger charge is 2.32. The Balaban J connectivity index is 1.14. The average Bonchev–Trinajstić information content (AvgIpc) is 2.77. The number of benzene rings is 2. The number of amides is 1. The van der Waals surface area contributed by atoms with Gasteiger partial charge < -0.3 is 19.9 Å². The van der Waals surface area contributed by atoms with E-state index < -0.39 is 10.7 Å². The minimum Gasteiger partial charge on any atom is -0.445 e. The summed E-state index contributed by atoms with van der Waals surface area (Å²) in [5.74, 6) is -0.117. The zero-order valence-electron chi connectivity index (χ0n) is 17.8. The predicted molar refractivity (Wildman–Crippen MR) is 118 cm³/mol. The van der Waals surface area contributed by atoms with Gasteiger partial charge in [-0.05, 0) is 24.5 Å². The van der Waals surface area contributed by atoms with Crippen molar-refractivity contribution in [1.29, 1.82) is 0 Å². The van der Waals surface area contributed by atoms with Crippen molar-refractivity contribution in [3.63, 3.8) is 0 Å². The van der Waals surface area contributed by atoms with E-state index in [0.29, 0.717) is 11.6 Å². The number of non-ortho nitro benzene ring substituents is 1. The molecule has 0 aromatic heterocycles. The number of ether oxygens (including phenoxy) is 1. The Morgan fingerprint density at radius 3 is 2.53 bits per heavy atom. The number of anilines is 1. The van der Waals surface area contributed by atoms with E-state index in [4.69, 9.17) is 4.74 Å². The Kier molecular flexibility index (Phi) is 6.84. The van der Waals surface area contributed by atoms with Crippen LogP contribution in [0.15, 0.2) is 48.5 Å². The number of halogens is 1. The summed E-state index contributed by atoms with van der Waals surface area (Å²) in [4.78, 5) is 26.5. The third-order valence-electron chi connectivity index (χ3n) is 6.08. The van der Waals surface area contributed by atoms with Crippen molar-refractivity contribution < 1.29 is 18.8 Å². The molecule has 0 atom stereocenters. The summed E-state index contributed by atoms with van der Waals surface area (Å²) in [5.41, 5.74) is 1.15. The number of hydrogen-bond acceptors (Lipinski definition) is 6. The molecule has 2 fully saturated rings. The topological polar surface area (TPSA) is 88.0 Å². The molecule has 0 aliphatic carbocycles. The summed E-state index contributed by atoms with van der Waals surface area (Å²) < 4.78 is 19.5. The molecule has 1 amide bonds. The normalized spacial score (nSPS) is 17.6. The molecule has 2 saturated heterocycles. The second-order valence-electron chi connectivity index (χ2n) is 8.44. The zero-order chi connectivity index (χ0) is 22.5. The zero-order valence-corrected chi connectivity index (χ0v) is 17.8. The van der Waals surface area contributed by atoms with Crippen LogP contribution in [0.3, 0.4) is 0 Å². The molecule has 0 radical (unpaired) electrons. The molecular formula is C23H27FN4O4. The predicted octanol–water partition coefficient (Wildman–Crippen LogP) is 3.56. The van der Waals surface area contributed by atoms with E-state index >= 15 is 0 Å². The molecule has 4 rings (SSSR count). The summed E-state index contributed by atoms with van der Waals surface area (Å²) in [6.07, 6.45) is 1.36. The molecule has 0 spiro atoms. The maximum atomic E-state index is 14.2. The van der Waals surface area contributed by atoms with Crippen LogP contribution in [0.25, 0.3) is 0 Å². The summed E-state index contributed by atoms with van der Waals surface area (Å²) in [7, 11) is 0. The van der Waals surface area contributed by atoms with Crippen molar-refractivity contribution in [3.8, 4) is 0 Å². The molecule has 170 valence electrons. The van der Waals surface area contributed by atoms with E-state index in [9.17, 15) is 19.3 Å². The van der Waals surface area contributed by atoms with Crippen LogP contribution in [0.4, 0.5) is 20.6 Å². The first-order chi connectivity index (χ1) is 15.5. The Hall–Kier alpha value is -3.20. The van der Waals surface area contributed by atoms with Gasteiger partial charge in [0.2, 0.25) is 0 Å². The first-order valence-corrected chi connectivity index (χ1v) is 10.9. The highest BCUT2D eigenvalue weighted by molar-refractivity contribution is 5.67. The van der Waals surface area contributed by atoms with Gasteiger partial charge >= 0.3 is 6.09 Å². The molecule has 2 aromatic carbocycles. The maximum absolute atomic E-state index is 14.2. The third kappa shape index (κ3) is 5.53. The fourth-order valence-corrected chi connectivity index (χ4v) is 4.30. The number of nitrogens with one attached hydrogen (secondary N) is 1. The van der Waals surface area contributed by atoms with Crippen LogP contribution in [0.5, 0.6) is 0 Å². The number of carbonyl (C=O) groups is 1. The Morgan fingerprint density at radius 1 is 1.16 bits per heavy atom. The summed E-state index contributed by atoms with van der Waals surface area (Å²) in [6.45, 7) is 4.45. The minimum absolute atomic E-state index is 0.113. The summed E-state index contributed by atoms with van der Waals surface area (Å²) in [5, 5.41) is 13.7. The fourth-order valence-electron chi connectivity index (χ4n) is 4.30. The summed E-state index contributed by atoms with van der Waals surface area (Å²) in [6, 6.07) is 13.5. The molecule has 0 saturated carbocycles. The molecule has 2 aliphatic heterocycles. The number of likely N-dealkylation sites (tertiary alicyclic amines) is 1. The van der Waals surface area contributed by atoms with Gasteiger partial charge in [-0.1, -0.05) is 30.3 Å². The van der Waals surface area contributed by atoms with E-state index in [1.165, 1.54) is 12.1 Å². The van der Waals surface area contributed by atoms with Gasteiger partial charge in [0.15, 0.2) is 5.82 Å². The molecule has 2 aromatic rings. The molecule has 2 heterocycles. The molecule has 8 nitrogen and oxygen atoms in total. The number of piperidine rings is 1. The van der Waals surface area contributed by atoms with Crippen molar-refractivity contribution in [2.24, 2.45) is 5.92 Å². The van der Waals surface area contributed by atoms with Crippen LogP contribution in [-0.2, 0) is 11.3 Å². The van der Waals surface area contributed by atoms with Gasteiger partial charge in [0.05, 0.1) is 16.7 Å². The lowest BCUT2D eigenvalue weighted by atomic mass is 9.96. The van der Waals surface area contributed by atoms with Gasteiger partial charge in [0.1, 0.15) is 6.61 Å². The maximum Gasteiger partial charge on any atom is 0.407 e. The van der Waals surface area contributed by atoms with Crippen molar-refractivity contribution in [2.75, 3.05) is 37.6 Å². The molecule has 32 heavy (non-hydrogen) atoms. The number of rotatable bonds is 7. The molecule has 9 heteroatoms. The van der Waals surface area contributed by atoms with Gasteiger partial charge in [-0.2, -0.15) is 0 Å². The van der Waals surface area contributed by atoms with Crippen molar-refractivity contribution in [1.82, 2.24) is 10.2 Å². The van der Waals surface area contributed by atoms with Crippen LogP contribution in [0.2, 0.25) is 0 Å². The number of nitrogens with zero attached hydrogens (tertiary/aromatic N) is 3. The van der Waals surface area contributed by atoms with E-state index in [2.05, 4.69) is 10.2 Å². The Bertz CT molecular complexity index is 944. The second-order valence-corrected chi connectivity index (χ2v) is 8.44. The number of alkyl carbamates (subject to hydrolysis) is 1.